The molecule has 12 heteroatoms. The summed E-state index contributed by atoms with van der Waals surface area (Å²) in [5, 5.41) is 10.9. The third-order valence-electron chi connectivity index (χ3n) is 8.68. The molecule has 11 nitrogen and oxygen atoms in total. The van der Waals surface area contributed by atoms with E-state index in [0.717, 1.165) is 33.0 Å². The molecule has 2 unspecified atom stereocenters. The van der Waals surface area contributed by atoms with Gasteiger partial charge in [0.25, 0.3) is 5.56 Å². The number of hydrogen-bond donors (Lipinski definition) is 1. The van der Waals surface area contributed by atoms with E-state index in [2.05, 4.69) is 19.6 Å². The third kappa shape index (κ3) is 7.13. The first-order valence-electron chi connectivity index (χ1n) is 15.3. The van der Waals surface area contributed by atoms with E-state index in [1.807, 2.05) is 48.5 Å². The van der Waals surface area contributed by atoms with Gasteiger partial charge in [-0.05, 0) is 54.6 Å². The van der Waals surface area contributed by atoms with Crippen LogP contribution in [0, 0.1) is 5.92 Å². The number of ether oxygens (including phenoxy) is 4. The number of methoxy groups -OCH3 is 1. The lowest BCUT2D eigenvalue weighted by Crippen LogP contribution is -2.43. The van der Waals surface area contributed by atoms with E-state index >= 15 is 0 Å². The van der Waals surface area contributed by atoms with Crippen molar-refractivity contribution in [1.29, 1.82) is 0 Å². The normalized spacial score (nSPS) is 21.4. The maximum atomic E-state index is 13.4. The van der Waals surface area contributed by atoms with Gasteiger partial charge in [0, 0.05) is 31.8 Å². The molecule has 0 amide bonds. The molecule has 1 aliphatic carbocycles. The Morgan fingerprint density at radius 1 is 1.04 bits per heavy atom. The Labute approximate surface area is 267 Å². The fourth-order valence-corrected chi connectivity index (χ4v) is 7.04. The van der Waals surface area contributed by atoms with Gasteiger partial charge in [-0.25, -0.2) is 9.59 Å². The van der Waals surface area contributed by atoms with Crippen LogP contribution in [-0.4, -0.2) is 84.2 Å². The van der Waals surface area contributed by atoms with Crippen LogP contribution < -0.4 is 11.2 Å². The van der Waals surface area contributed by atoms with E-state index in [-0.39, 0.29) is 25.5 Å². The first-order chi connectivity index (χ1) is 21.9. The number of carbonyl (C=O) groups excluding carboxylic acids is 2. The number of aliphatic hydroxyl groups is 1. The molecule has 2 heterocycles. The minimum absolute atomic E-state index is 0.00335. The van der Waals surface area contributed by atoms with Crippen molar-refractivity contribution in [2.24, 2.45) is 5.92 Å². The molecule has 1 aliphatic heterocycles. The van der Waals surface area contributed by atoms with Crippen molar-refractivity contribution in [2.75, 3.05) is 33.2 Å². The lowest BCUT2D eigenvalue weighted by atomic mass is 9.98. The molecule has 1 aromatic heterocycles. The van der Waals surface area contributed by atoms with Gasteiger partial charge in [-0.15, -0.1) is 13.2 Å². The number of hydrogen-bond acceptors (Lipinski definition) is 9. The van der Waals surface area contributed by atoms with Gasteiger partial charge in [-0.3, -0.25) is 18.7 Å². The molecule has 246 valence electrons. The van der Waals surface area contributed by atoms with E-state index in [1.54, 1.807) is 6.92 Å². The van der Waals surface area contributed by atoms with Crippen LogP contribution in [0.1, 0.15) is 43.0 Å². The molecule has 46 heavy (non-hydrogen) atoms. The highest BCUT2D eigenvalue weighted by Gasteiger charge is 2.45. The number of esters is 1. The largest absolute Gasteiger partial charge is 0.516 e. The van der Waals surface area contributed by atoms with E-state index in [0.29, 0.717) is 6.42 Å². The van der Waals surface area contributed by atoms with Crippen molar-refractivity contribution >= 4 is 25.3 Å². The Bertz CT molecular complexity index is 1710. The van der Waals surface area contributed by atoms with Crippen molar-refractivity contribution in [1.82, 2.24) is 9.13 Å². The molecule has 5 atom stereocenters. The van der Waals surface area contributed by atoms with Gasteiger partial charge < -0.3 is 24.1 Å². The average molecular weight is 653 g/mol. The standard InChI is InChI=1S/C34H41N2O9P/c1-21(32(39)45-34(41)43-20-26-24-12-8-6-10-22(24)23-11-7-9-13-25(23)26)14-17-35-28(37)15-18-36(33(35)40)31-30(42-2)29(38)27(44-31)16-19-46(3,4)5/h6-13,15,18,21,26-27,29-31,38H,3,14,16-17,19-20H2,1-2,4-5H3/t21?,27-,29-,30-,31?/m1/s1. The van der Waals surface area contributed by atoms with Gasteiger partial charge in [0.15, 0.2) is 6.23 Å². The molecule has 5 rings (SSSR count). The van der Waals surface area contributed by atoms with Gasteiger partial charge in [-0.1, -0.05) is 55.5 Å². The number of carbonyl (C=O) groups is 2. The molecule has 0 radical (unpaired) electrons. The van der Waals surface area contributed by atoms with Crippen LogP contribution in [-0.2, 0) is 30.3 Å². The maximum Gasteiger partial charge on any atom is 0.516 e. The highest BCUT2D eigenvalue weighted by Crippen LogP contribution is 2.44. The SMILES string of the molecule is C=P(C)(C)CC[C@H]1OC(n2ccc(=O)n(CCC(C)C(=O)OC(=O)OCC3c4ccccc4-c4ccccc43)c2=O)[C@H](OC)[C@@H]1O. The zero-order valence-corrected chi connectivity index (χ0v) is 27.4. The second-order valence-corrected chi connectivity index (χ2v) is 16.9. The smallest absolute Gasteiger partial charge is 0.433 e. The fraction of sp³-hybridized carbons (Fsp3) is 0.441. The molecule has 1 fully saturated rings. The summed E-state index contributed by atoms with van der Waals surface area (Å²) in [6.07, 6.45) is 2.49. The highest BCUT2D eigenvalue weighted by atomic mass is 31.2. The highest BCUT2D eigenvalue weighted by molar-refractivity contribution is 7.72. The molecule has 0 spiro atoms. The van der Waals surface area contributed by atoms with Gasteiger partial charge in [0.1, 0.15) is 18.8 Å². The van der Waals surface area contributed by atoms with Crippen LogP contribution in [0.15, 0.2) is 70.4 Å². The Morgan fingerprint density at radius 2 is 1.67 bits per heavy atom. The summed E-state index contributed by atoms with van der Waals surface area (Å²) < 4.78 is 24.1. The first-order valence-corrected chi connectivity index (χ1v) is 18.4. The molecule has 2 aliphatic rings. The van der Waals surface area contributed by atoms with Gasteiger partial charge in [0.05, 0.1) is 12.0 Å². The number of nitrogens with zero attached hydrogens (tertiary/aromatic N) is 2. The predicted octanol–water partition coefficient (Wildman–Crippen LogP) is 3.90. The van der Waals surface area contributed by atoms with Crippen molar-refractivity contribution in [3.05, 3.63) is 92.8 Å². The molecule has 1 saturated heterocycles. The number of benzene rings is 2. The minimum atomic E-state index is -1.37. The second-order valence-electron chi connectivity index (χ2n) is 12.6. The summed E-state index contributed by atoms with van der Waals surface area (Å²) in [6.45, 7) is 4.24. The second kappa shape index (κ2) is 13.9. The molecule has 0 saturated carbocycles. The van der Waals surface area contributed by atoms with E-state index in [9.17, 15) is 24.3 Å². The average Bonchev–Trinajstić information content (AvgIpc) is 3.51. The van der Waals surface area contributed by atoms with E-state index < -0.39 is 60.7 Å². The molecule has 1 N–H and O–H groups in total. The van der Waals surface area contributed by atoms with E-state index in [4.69, 9.17) is 18.9 Å². The molecule has 0 bridgehead atoms. The summed E-state index contributed by atoms with van der Waals surface area (Å²) in [4.78, 5) is 51.4. The summed E-state index contributed by atoms with van der Waals surface area (Å²) in [7, 11) is 1.43. The molecular formula is C34H41N2O9P. The van der Waals surface area contributed by atoms with Crippen molar-refractivity contribution in [3.8, 4) is 11.1 Å². The van der Waals surface area contributed by atoms with Crippen LogP contribution in [0.4, 0.5) is 4.79 Å². The molecular weight excluding hydrogens is 611 g/mol. The first kappa shape index (κ1) is 33.6. The quantitative estimate of drug-likeness (QED) is 0.186. The Kier molecular flexibility index (Phi) is 10.2. The predicted molar refractivity (Wildman–Crippen MR) is 176 cm³/mol. The van der Waals surface area contributed by atoms with Gasteiger partial charge in [-0.2, -0.15) is 0 Å². The van der Waals surface area contributed by atoms with Crippen LogP contribution in [0.5, 0.6) is 0 Å². The summed E-state index contributed by atoms with van der Waals surface area (Å²) >= 11 is 0. The third-order valence-corrected chi connectivity index (χ3v) is 10.1. The minimum Gasteiger partial charge on any atom is -0.433 e. The zero-order valence-electron chi connectivity index (χ0n) is 26.5. The van der Waals surface area contributed by atoms with Crippen molar-refractivity contribution < 1.29 is 33.6 Å². The van der Waals surface area contributed by atoms with Crippen molar-refractivity contribution in [3.63, 3.8) is 0 Å². The number of aromatic nitrogens is 2. The van der Waals surface area contributed by atoms with Crippen LogP contribution >= 0.6 is 6.89 Å². The Balaban J connectivity index is 1.19. The van der Waals surface area contributed by atoms with Crippen LogP contribution in [0.2, 0.25) is 0 Å². The zero-order chi connectivity index (χ0) is 33.2. The molecule has 3 aromatic rings. The lowest BCUT2D eigenvalue weighted by molar-refractivity contribution is -0.144. The fourth-order valence-electron chi connectivity index (χ4n) is 6.09. The summed E-state index contributed by atoms with van der Waals surface area (Å²) in [5.41, 5.74) is 2.98. The molecule has 2 aromatic carbocycles. The van der Waals surface area contributed by atoms with Crippen molar-refractivity contribution in [2.45, 2.75) is 56.8 Å². The summed E-state index contributed by atoms with van der Waals surface area (Å²) in [6, 6.07) is 17.0. The Hall–Kier alpha value is -3.76. The maximum absolute atomic E-state index is 13.4. The monoisotopic (exact) mass is 652 g/mol. The lowest BCUT2D eigenvalue weighted by Gasteiger charge is -2.21. The van der Waals surface area contributed by atoms with Crippen LogP contribution in [0.3, 0.4) is 0 Å². The topological polar surface area (TPSA) is 135 Å². The summed E-state index contributed by atoms with van der Waals surface area (Å²) in [5.74, 6) is -1.84. The number of aliphatic hydroxyl groups excluding tert-OH is 1. The van der Waals surface area contributed by atoms with Gasteiger partial charge in [0.2, 0.25) is 0 Å². The Morgan fingerprint density at radius 3 is 2.28 bits per heavy atom. The van der Waals surface area contributed by atoms with E-state index in [1.165, 1.54) is 23.9 Å². The number of fused-ring (bicyclic) bond motifs is 3. The van der Waals surface area contributed by atoms with Gasteiger partial charge >= 0.3 is 17.8 Å². The number of rotatable bonds is 11. The van der Waals surface area contributed by atoms with Crippen LogP contribution in [0.25, 0.3) is 11.1 Å².